The second kappa shape index (κ2) is 5.26. The lowest BCUT2D eigenvalue weighted by atomic mass is 10.1. The van der Waals surface area contributed by atoms with Crippen LogP contribution < -0.4 is 4.18 Å². The fraction of sp³-hybridized carbons (Fsp3) is 0.250. The van der Waals surface area contributed by atoms with Crippen molar-refractivity contribution < 1.29 is 16.5 Å². The zero-order valence-corrected chi connectivity index (χ0v) is 10.4. The van der Waals surface area contributed by atoms with Crippen LogP contribution in [0.4, 0.5) is 9.57 Å². The molecule has 0 atom stereocenters. The predicted molar refractivity (Wildman–Crippen MR) is 63.3 cm³/mol. The fourth-order valence-electron chi connectivity index (χ4n) is 1.21. The molecule has 0 bridgehead atoms. The monoisotopic (exact) mass is 277 g/mol. The number of benzene rings is 1. The Kier molecular flexibility index (Phi) is 4.22. The maximum atomic E-state index is 12.4. The van der Waals surface area contributed by atoms with E-state index in [4.69, 9.17) is 5.53 Å². The maximum Gasteiger partial charge on any atom is 0.488 e. The number of azide groups is 1. The van der Waals surface area contributed by atoms with Gasteiger partial charge in [0.1, 0.15) is 5.75 Å². The lowest BCUT2D eigenvalue weighted by Gasteiger charge is -2.08. The molecule has 0 fully saturated rings. The van der Waals surface area contributed by atoms with Gasteiger partial charge in [0, 0.05) is 16.4 Å². The Labute approximate surface area is 103 Å². The maximum absolute atomic E-state index is 12.4. The molecular weight excluding hydrogens is 269 g/mol. The van der Waals surface area contributed by atoms with Crippen molar-refractivity contribution in [3.05, 3.63) is 33.7 Å². The van der Waals surface area contributed by atoms with Crippen LogP contribution in [0.1, 0.15) is 11.1 Å². The molecule has 17 heavy (non-hydrogen) atoms. The summed E-state index contributed by atoms with van der Waals surface area (Å²) in [5.74, 6) is 0.00750. The quantitative estimate of drug-likeness (QED) is 0.301. The Morgan fingerprint density at radius 2 is 2.24 bits per heavy atom. The predicted octanol–water partition coefficient (Wildman–Crippen LogP) is 2.96. The van der Waals surface area contributed by atoms with Crippen molar-refractivity contribution in [2.75, 3.05) is 0 Å². The highest BCUT2D eigenvalue weighted by Gasteiger charge is 2.13. The van der Waals surface area contributed by atoms with Crippen LogP contribution in [0.25, 0.3) is 10.4 Å². The van der Waals surface area contributed by atoms with E-state index in [9.17, 15) is 12.3 Å². The van der Waals surface area contributed by atoms with E-state index >= 15 is 0 Å². The van der Waals surface area contributed by atoms with Crippen LogP contribution in [-0.2, 0) is 16.3 Å². The number of thiol groups is 1. The summed E-state index contributed by atoms with van der Waals surface area (Å²) < 4.78 is 37.1. The first-order valence-electron chi connectivity index (χ1n) is 4.31. The van der Waals surface area contributed by atoms with Crippen molar-refractivity contribution in [1.82, 2.24) is 0 Å². The minimum absolute atomic E-state index is 0.165. The summed E-state index contributed by atoms with van der Waals surface area (Å²) in [5.41, 5.74) is 9.71. The molecule has 0 unspecified atom stereocenters. The molecule has 0 saturated carbocycles. The van der Waals surface area contributed by atoms with Crippen LogP contribution >= 0.6 is 12.6 Å². The molecule has 1 aromatic carbocycles. The highest BCUT2D eigenvalue weighted by atomic mass is 32.3. The lowest BCUT2D eigenvalue weighted by molar-refractivity contribution is 0.440. The minimum Gasteiger partial charge on any atom is -0.358 e. The summed E-state index contributed by atoms with van der Waals surface area (Å²) >= 11 is 4.02. The number of halogens is 1. The van der Waals surface area contributed by atoms with E-state index in [1.165, 1.54) is 6.07 Å². The molecule has 0 heterocycles. The van der Waals surface area contributed by atoms with Crippen molar-refractivity contribution >= 4 is 28.8 Å². The Morgan fingerprint density at radius 3 is 2.71 bits per heavy atom. The van der Waals surface area contributed by atoms with Gasteiger partial charge in [0.15, 0.2) is 0 Å². The van der Waals surface area contributed by atoms with Crippen LogP contribution in [0.15, 0.2) is 17.2 Å². The molecule has 0 saturated heterocycles. The topological polar surface area (TPSA) is 92.1 Å². The standard InChI is InChI=1S/C8H8FN3O3S2/c1-5-6(4-16)2-7(15-17(9,13)14)3-8(5)11-12-10/h2-3,16H,4H2,1H3. The molecule has 92 valence electrons. The summed E-state index contributed by atoms with van der Waals surface area (Å²) in [7, 11) is -5.11. The largest absolute Gasteiger partial charge is 0.488 e. The molecule has 0 N–H and O–H groups in total. The van der Waals surface area contributed by atoms with Crippen molar-refractivity contribution in [3.8, 4) is 5.75 Å². The summed E-state index contributed by atoms with van der Waals surface area (Å²) in [4.78, 5) is 2.58. The molecule has 0 aliphatic carbocycles. The minimum atomic E-state index is -5.11. The molecule has 6 nitrogen and oxygen atoms in total. The fourth-order valence-corrected chi connectivity index (χ4v) is 1.86. The molecule has 1 aromatic rings. The van der Waals surface area contributed by atoms with E-state index < -0.39 is 10.5 Å². The third-order valence-electron chi connectivity index (χ3n) is 1.98. The SMILES string of the molecule is Cc1c(CS)cc(OS(=O)(=O)F)cc1N=[N+]=[N-]. The van der Waals surface area contributed by atoms with Crippen LogP contribution in [-0.4, -0.2) is 8.42 Å². The van der Waals surface area contributed by atoms with Crippen molar-refractivity contribution in [3.63, 3.8) is 0 Å². The third kappa shape index (κ3) is 3.81. The second-order valence-electron chi connectivity index (χ2n) is 3.05. The van der Waals surface area contributed by atoms with E-state index in [1.807, 2.05) is 0 Å². The molecule has 0 aliphatic heterocycles. The first-order valence-corrected chi connectivity index (χ1v) is 6.25. The van der Waals surface area contributed by atoms with E-state index in [1.54, 1.807) is 6.92 Å². The van der Waals surface area contributed by atoms with Crippen LogP contribution in [0, 0.1) is 6.92 Å². The van der Waals surface area contributed by atoms with E-state index in [0.29, 0.717) is 11.1 Å². The van der Waals surface area contributed by atoms with Gasteiger partial charge >= 0.3 is 10.5 Å². The van der Waals surface area contributed by atoms with Gasteiger partial charge in [-0.1, -0.05) is 9.00 Å². The zero-order valence-electron chi connectivity index (χ0n) is 8.66. The Bertz CT molecular complexity index is 582. The van der Waals surface area contributed by atoms with Gasteiger partial charge in [0.2, 0.25) is 0 Å². The van der Waals surface area contributed by atoms with Crippen molar-refractivity contribution in [2.45, 2.75) is 12.7 Å². The summed E-state index contributed by atoms with van der Waals surface area (Å²) in [6.07, 6.45) is 0. The Hall–Kier alpha value is -1.44. The van der Waals surface area contributed by atoms with E-state index in [-0.39, 0.29) is 17.2 Å². The number of nitrogens with zero attached hydrogens (tertiary/aromatic N) is 3. The summed E-state index contributed by atoms with van der Waals surface area (Å²) in [6.45, 7) is 1.67. The Balaban J connectivity index is 3.34. The van der Waals surface area contributed by atoms with Gasteiger partial charge in [-0.25, -0.2) is 0 Å². The molecule has 0 aromatic heterocycles. The first kappa shape index (κ1) is 13.6. The molecule has 0 radical (unpaired) electrons. The average Bonchev–Trinajstić information content (AvgIpc) is 2.20. The van der Waals surface area contributed by atoms with Crippen LogP contribution in [0.5, 0.6) is 5.75 Å². The zero-order chi connectivity index (χ0) is 13.1. The number of hydrogen-bond donors (Lipinski definition) is 1. The van der Waals surface area contributed by atoms with Gasteiger partial charge in [-0.2, -0.15) is 21.0 Å². The smallest absolute Gasteiger partial charge is 0.358 e. The van der Waals surface area contributed by atoms with Gasteiger partial charge in [-0.15, -0.1) is 0 Å². The van der Waals surface area contributed by atoms with Crippen molar-refractivity contribution in [1.29, 1.82) is 0 Å². The highest BCUT2D eigenvalue weighted by molar-refractivity contribution is 7.81. The molecular formula is C8H8FN3O3S2. The number of hydrogen-bond acceptors (Lipinski definition) is 5. The van der Waals surface area contributed by atoms with Crippen molar-refractivity contribution in [2.24, 2.45) is 5.11 Å². The molecule has 0 aliphatic rings. The van der Waals surface area contributed by atoms with Gasteiger partial charge in [0.05, 0.1) is 0 Å². The molecule has 1 rings (SSSR count). The summed E-state index contributed by atoms with van der Waals surface area (Å²) in [6, 6.07) is 2.45. The van der Waals surface area contributed by atoms with Crippen LogP contribution in [0.2, 0.25) is 0 Å². The molecule has 0 amide bonds. The van der Waals surface area contributed by atoms with Gasteiger partial charge < -0.3 is 4.18 Å². The van der Waals surface area contributed by atoms with E-state index in [2.05, 4.69) is 26.8 Å². The lowest BCUT2D eigenvalue weighted by Crippen LogP contribution is -2.02. The normalized spacial score (nSPS) is 10.8. The number of rotatable bonds is 4. The van der Waals surface area contributed by atoms with Gasteiger partial charge in [-0.3, -0.25) is 0 Å². The summed E-state index contributed by atoms with van der Waals surface area (Å²) in [5, 5.41) is 3.35. The Morgan fingerprint density at radius 1 is 1.59 bits per heavy atom. The highest BCUT2D eigenvalue weighted by Crippen LogP contribution is 2.30. The van der Waals surface area contributed by atoms with Crippen LogP contribution in [0.3, 0.4) is 0 Å². The second-order valence-corrected chi connectivity index (χ2v) is 4.32. The molecule has 9 heteroatoms. The average molecular weight is 277 g/mol. The van der Waals surface area contributed by atoms with Gasteiger partial charge in [0.25, 0.3) is 0 Å². The molecule has 0 spiro atoms. The van der Waals surface area contributed by atoms with Gasteiger partial charge in [-0.05, 0) is 35.7 Å². The van der Waals surface area contributed by atoms with E-state index in [0.717, 1.165) is 6.07 Å². The third-order valence-corrected chi connectivity index (χ3v) is 2.71. The first-order chi connectivity index (χ1) is 7.87.